The van der Waals surface area contributed by atoms with Gasteiger partial charge in [-0.15, -0.1) is 0 Å². The van der Waals surface area contributed by atoms with Crippen LogP contribution in [0.2, 0.25) is 0 Å². The van der Waals surface area contributed by atoms with Gasteiger partial charge in [-0.1, -0.05) is 73.3 Å². The summed E-state index contributed by atoms with van der Waals surface area (Å²) in [6.45, 7) is 17.6. The average Bonchev–Trinajstić information content (AvgIpc) is 3.44. The fourth-order valence-electron chi connectivity index (χ4n) is 13.3. The van der Waals surface area contributed by atoms with Gasteiger partial charge < -0.3 is 20.3 Å². The third-order valence-electron chi connectivity index (χ3n) is 16.2. The van der Waals surface area contributed by atoms with Gasteiger partial charge in [-0.25, -0.2) is 0 Å². The Morgan fingerprint density at radius 2 is 1.47 bits per heavy atom. The molecule has 268 valence electrons. The number of amides is 1. The van der Waals surface area contributed by atoms with Crippen LogP contribution in [0.5, 0.6) is 0 Å². The minimum Gasteiger partial charge on any atom is -0.469 e. The van der Waals surface area contributed by atoms with Crippen LogP contribution in [0.4, 0.5) is 0 Å². The molecule has 47 heavy (non-hydrogen) atoms. The summed E-state index contributed by atoms with van der Waals surface area (Å²) >= 11 is 0. The van der Waals surface area contributed by atoms with E-state index in [1.54, 1.807) is 0 Å². The first-order valence-electron chi connectivity index (χ1n) is 19.5. The molecule has 5 saturated carbocycles. The van der Waals surface area contributed by atoms with Gasteiger partial charge in [0.1, 0.15) is 0 Å². The van der Waals surface area contributed by atoms with Crippen molar-refractivity contribution in [2.75, 3.05) is 20.3 Å². The quantitative estimate of drug-likeness (QED) is 0.105. The zero-order valence-electron chi connectivity index (χ0n) is 30.9. The molecule has 0 radical (unpaired) electrons. The van der Waals surface area contributed by atoms with Crippen LogP contribution in [0.25, 0.3) is 0 Å². The molecule has 1 amide bonds. The van der Waals surface area contributed by atoms with Crippen molar-refractivity contribution in [1.82, 2.24) is 5.32 Å². The zero-order valence-corrected chi connectivity index (χ0v) is 30.9. The van der Waals surface area contributed by atoms with Crippen LogP contribution >= 0.6 is 0 Å². The Balaban J connectivity index is 1.26. The first-order valence-corrected chi connectivity index (χ1v) is 19.5. The second-order valence-electron chi connectivity index (χ2n) is 18.2. The van der Waals surface area contributed by atoms with Crippen molar-refractivity contribution in [3.8, 4) is 0 Å². The Morgan fingerprint density at radius 3 is 2.15 bits per heavy atom. The van der Waals surface area contributed by atoms with Gasteiger partial charge in [0.05, 0.1) is 25.2 Å². The van der Waals surface area contributed by atoms with Gasteiger partial charge >= 0.3 is 5.97 Å². The number of nitrogens with one attached hydrogen (secondary N) is 1. The number of methoxy groups -OCH3 is 1. The third-order valence-corrected chi connectivity index (χ3v) is 16.2. The molecule has 0 bridgehead atoms. The van der Waals surface area contributed by atoms with E-state index in [0.29, 0.717) is 24.2 Å². The van der Waals surface area contributed by atoms with E-state index < -0.39 is 0 Å². The van der Waals surface area contributed by atoms with Crippen molar-refractivity contribution in [2.24, 2.45) is 56.7 Å². The predicted molar refractivity (Wildman–Crippen MR) is 188 cm³/mol. The Labute approximate surface area is 286 Å². The SMILES string of the molecule is C=C(CO)[C@@H]1CC[C@]2(C(=O)NCCCCCCCCCC(=O)OC)CC[C@]3(C)[C@H](CCC4[C@@]5(C)CC[C@H](O)C(C)(C)[C@@H]5CC[C@]43C)[C@@H]12. The van der Waals surface area contributed by atoms with Gasteiger partial charge in [0.25, 0.3) is 0 Å². The summed E-state index contributed by atoms with van der Waals surface area (Å²) in [6, 6.07) is 0. The summed E-state index contributed by atoms with van der Waals surface area (Å²) in [5.41, 5.74) is 1.12. The molecule has 0 heterocycles. The number of carbonyl (C=O) groups excluding carboxylic acids is 2. The van der Waals surface area contributed by atoms with Crippen LogP contribution in [-0.4, -0.2) is 48.5 Å². The second-order valence-corrected chi connectivity index (χ2v) is 18.2. The first-order chi connectivity index (χ1) is 22.2. The molecule has 0 aromatic carbocycles. The number of ether oxygens (including phenoxy) is 1. The van der Waals surface area contributed by atoms with Gasteiger partial charge in [-0.05, 0) is 134 Å². The topological polar surface area (TPSA) is 95.9 Å². The van der Waals surface area contributed by atoms with Crippen molar-refractivity contribution < 1.29 is 24.5 Å². The van der Waals surface area contributed by atoms with E-state index in [-0.39, 0.29) is 63.5 Å². The largest absolute Gasteiger partial charge is 0.469 e. The molecular weight excluding hydrogens is 586 g/mol. The molecule has 5 aliphatic carbocycles. The normalized spacial score (nSPS) is 42.0. The Hall–Kier alpha value is -1.40. The second kappa shape index (κ2) is 14.1. The van der Waals surface area contributed by atoms with Gasteiger partial charge in [-0.3, -0.25) is 9.59 Å². The average molecular weight is 656 g/mol. The Morgan fingerprint density at radius 1 is 0.787 bits per heavy atom. The highest BCUT2D eigenvalue weighted by atomic mass is 16.5. The molecular formula is C41H69NO5. The highest BCUT2D eigenvalue weighted by molar-refractivity contribution is 5.84. The lowest BCUT2D eigenvalue weighted by Crippen LogP contribution is -2.67. The van der Waals surface area contributed by atoms with Crippen LogP contribution < -0.4 is 5.32 Å². The Kier molecular flexibility index (Phi) is 11.0. The molecule has 5 aliphatic rings. The minimum atomic E-state index is -0.353. The molecule has 10 atom stereocenters. The van der Waals surface area contributed by atoms with E-state index in [9.17, 15) is 19.8 Å². The van der Waals surface area contributed by atoms with Crippen molar-refractivity contribution in [1.29, 1.82) is 0 Å². The lowest BCUT2D eigenvalue weighted by molar-refractivity contribution is -0.246. The molecule has 5 fully saturated rings. The summed E-state index contributed by atoms with van der Waals surface area (Å²) in [5.74, 6) is 2.26. The molecule has 6 nitrogen and oxygen atoms in total. The van der Waals surface area contributed by atoms with Gasteiger partial charge in [0.2, 0.25) is 5.91 Å². The standard InChI is InChI=1S/C41H69NO5/c1-28(27-43)29-18-23-41(36(46)42-26-14-12-10-8-9-11-13-15-34(45)47-7)25-24-39(5)30(35(29)41)16-17-32-38(4)21-20-33(44)37(2,3)31(38)19-22-40(32,39)6/h29-33,35,43-44H,1,8-27H2,2-7H3,(H,42,46)/t29-,30+,31-,32?,33-,35+,38-,39+,40+,41-/m0/s1. The van der Waals surface area contributed by atoms with Crippen LogP contribution in [0, 0.1) is 56.7 Å². The monoisotopic (exact) mass is 656 g/mol. The van der Waals surface area contributed by atoms with Crippen LogP contribution in [0.15, 0.2) is 12.2 Å². The molecule has 1 unspecified atom stereocenters. The fourth-order valence-corrected chi connectivity index (χ4v) is 13.3. The minimum absolute atomic E-state index is 0.0159. The predicted octanol–water partition coefficient (Wildman–Crippen LogP) is 8.39. The zero-order chi connectivity index (χ0) is 34.3. The van der Waals surface area contributed by atoms with Gasteiger partial charge in [-0.2, -0.15) is 0 Å². The van der Waals surface area contributed by atoms with Crippen molar-refractivity contribution >= 4 is 11.9 Å². The molecule has 3 N–H and O–H groups in total. The maximum absolute atomic E-state index is 14.4. The number of hydrogen-bond donors (Lipinski definition) is 3. The highest BCUT2D eigenvalue weighted by Crippen LogP contribution is 2.77. The summed E-state index contributed by atoms with van der Waals surface area (Å²) in [6.07, 6.45) is 18.6. The van der Waals surface area contributed by atoms with Crippen molar-refractivity contribution in [3.05, 3.63) is 12.2 Å². The number of rotatable bonds is 13. The first kappa shape index (κ1) is 36.9. The van der Waals surface area contributed by atoms with Crippen molar-refractivity contribution in [2.45, 2.75) is 156 Å². The van der Waals surface area contributed by atoms with E-state index >= 15 is 0 Å². The molecule has 5 rings (SSSR count). The van der Waals surface area contributed by atoms with E-state index in [1.807, 2.05) is 0 Å². The number of esters is 1. The van der Waals surface area contributed by atoms with Crippen LogP contribution in [-0.2, 0) is 14.3 Å². The molecule has 0 spiro atoms. The molecule has 0 aromatic heterocycles. The van der Waals surface area contributed by atoms with E-state index in [0.717, 1.165) is 95.6 Å². The van der Waals surface area contributed by atoms with Crippen LogP contribution in [0.3, 0.4) is 0 Å². The van der Waals surface area contributed by atoms with E-state index in [1.165, 1.54) is 32.8 Å². The van der Waals surface area contributed by atoms with Crippen LogP contribution in [0.1, 0.15) is 150 Å². The number of carbonyl (C=O) groups is 2. The van der Waals surface area contributed by atoms with Gasteiger partial charge in [0, 0.05) is 13.0 Å². The van der Waals surface area contributed by atoms with Gasteiger partial charge in [0.15, 0.2) is 0 Å². The Bertz CT molecular complexity index is 1150. The molecule has 6 heteroatoms. The number of aliphatic hydroxyl groups excluding tert-OH is 2. The smallest absolute Gasteiger partial charge is 0.305 e. The maximum Gasteiger partial charge on any atom is 0.305 e. The maximum atomic E-state index is 14.4. The summed E-state index contributed by atoms with van der Waals surface area (Å²) < 4.78 is 4.72. The van der Waals surface area contributed by atoms with Crippen molar-refractivity contribution in [3.63, 3.8) is 0 Å². The number of aliphatic hydroxyl groups is 2. The lowest BCUT2D eigenvalue weighted by Gasteiger charge is -2.72. The number of fused-ring (bicyclic) bond motifs is 7. The highest BCUT2D eigenvalue weighted by Gasteiger charge is 2.71. The molecule has 0 aromatic rings. The number of unbranched alkanes of at least 4 members (excludes halogenated alkanes) is 6. The molecule has 0 aliphatic heterocycles. The number of hydrogen-bond acceptors (Lipinski definition) is 5. The fraction of sp³-hybridized carbons (Fsp3) is 0.902. The van der Waals surface area contributed by atoms with E-state index in [2.05, 4.69) is 46.5 Å². The third kappa shape index (κ3) is 6.16. The summed E-state index contributed by atoms with van der Waals surface area (Å²) in [4.78, 5) is 25.6. The summed E-state index contributed by atoms with van der Waals surface area (Å²) in [5, 5.41) is 24.8. The van der Waals surface area contributed by atoms with E-state index in [4.69, 9.17) is 4.74 Å². The lowest BCUT2D eigenvalue weighted by atomic mass is 9.32. The molecule has 0 saturated heterocycles. The summed E-state index contributed by atoms with van der Waals surface area (Å²) in [7, 11) is 1.45.